The zero-order valence-electron chi connectivity index (χ0n) is 17.6. The van der Waals surface area contributed by atoms with Gasteiger partial charge in [0.15, 0.2) is 0 Å². The van der Waals surface area contributed by atoms with Gasteiger partial charge < -0.3 is 10.4 Å². The third kappa shape index (κ3) is 3.75. The van der Waals surface area contributed by atoms with E-state index in [0.29, 0.717) is 25.7 Å². The first-order valence-electron chi connectivity index (χ1n) is 9.58. The molecule has 0 amide bonds. The second-order valence-electron chi connectivity index (χ2n) is 10.8. The van der Waals surface area contributed by atoms with Crippen molar-refractivity contribution in [3.63, 3.8) is 0 Å². The molecule has 6 nitrogen and oxygen atoms in total. The number of carbonyl (C=O) groups excluding carboxylic acids is 2. The molecular weight excluding hydrogens is 332 g/mol. The number of hydroxylamine groups is 4. The fourth-order valence-electron chi connectivity index (χ4n) is 5.31. The maximum atomic E-state index is 13.1. The highest BCUT2D eigenvalue weighted by Crippen LogP contribution is 2.43. The van der Waals surface area contributed by atoms with E-state index in [1.807, 2.05) is 55.4 Å². The van der Waals surface area contributed by atoms with Crippen LogP contribution in [0.2, 0.25) is 0 Å². The van der Waals surface area contributed by atoms with Crippen molar-refractivity contribution in [3.8, 4) is 0 Å². The number of hydrogen-bond acceptors (Lipinski definition) is 6. The number of nitrogens with zero attached hydrogens (tertiary/aromatic N) is 2. The van der Waals surface area contributed by atoms with Crippen molar-refractivity contribution in [2.24, 2.45) is 11.8 Å². The van der Waals surface area contributed by atoms with Crippen molar-refractivity contribution in [1.29, 1.82) is 0 Å². The van der Waals surface area contributed by atoms with Crippen LogP contribution in [-0.2, 0) is 9.59 Å². The molecule has 0 atom stereocenters. The topological polar surface area (TPSA) is 81.1 Å². The smallest absolute Gasteiger partial charge is 0.201 e. The van der Waals surface area contributed by atoms with Crippen LogP contribution in [0.1, 0.15) is 81.1 Å². The Morgan fingerprint density at radius 3 is 1.00 bits per heavy atom. The molecule has 26 heavy (non-hydrogen) atoms. The van der Waals surface area contributed by atoms with Gasteiger partial charge in [-0.2, -0.15) is 10.1 Å². The summed E-state index contributed by atoms with van der Waals surface area (Å²) in [7, 11) is 0. The van der Waals surface area contributed by atoms with Gasteiger partial charge in [0.1, 0.15) is 0 Å². The first kappa shape index (κ1) is 21.5. The molecule has 150 valence electrons. The number of piperidine rings is 2. The minimum atomic E-state index is -0.560. The van der Waals surface area contributed by atoms with Crippen LogP contribution >= 0.6 is 0 Å². The summed E-state index contributed by atoms with van der Waals surface area (Å²) in [5.41, 5.74) is -2.24. The van der Waals surface area contributed by atoms with Crippen LogP contribution < -0.4 is 0 Å². The van der Waals surface area contributed by atoms with E-state index >= 15 is 0 Å². The fourth-order valence-corrected chi connectivity index (χ4v) is 5.31. The molecule has 0 aromatic heterocycles. The van der Waals surface area contributed by atoms with Gasteiger partial charge >= 0.3 is 0 Å². The average molecular weight is 369 g/mol. The molecule has 2 saturated heterocycles. The number of ketones is 2. The van der Waals surface area contributed by atoms with E-state index in [0.717, 1.165) is 0 Å². The van der Waals surface area contributed by atoms with Gasteiger partial charge in [0.05, 0.1) is 0 Å². The van der Waals surface area contributed by atoms with Crippen molar-refractivity contribution in [2.75, 3.05) is 0 Å². The lowest BCUT2D eigenvalue weighted by atomic mass is 9.69. The summed E-state index contributed by atoms with van der Waals surface area (Å²) in [6.45, 7) is 15.2. The van der Waals surface area contributed by atoms with Crippen molar-refractivity contribution in [3.05, 3.63) is 0 Å². The fraction of sp³-hybridized carbons (Fsp3) is 0.900. The van der Waals surface area contributed by atoms with Crippen LogP contribution in [0.25, 0.3) is 0 Å². The molecular formula is C20H36N2O4. The molecule has 0 aromatic rings. The molecule has 2 fully saturated rings. The lowest BCUT2D eigenvalue weighted by Crippen LogP contribution is -2.62. The van der Waals surface area contributed by atoms with Crippen LogP contribution in [0, 0.1) is 11.8 Å². The molecule has 2 aliphatic rings. The molecule has 2 aliphatic heterocycles. The highest BCUT2D eigenvalue weighted by molar-refractivity contribution is 6.38. The first-order chi connectivity index (χ1) is 11.5. The van der Waals surface area contributed by atoms with Crippen LogP contribution in [0.4, 0.5) is 0 Å². The summed E-state index contributed by atoms with van der Waals surface area (Å²) in [5, 5.41) is 23.5. The second-order valence-corrected chi connectivity index (χ2v) is 10.8. The monoisotopic (exact) mass is 368 g/mol. The second kappa shape index (κ2) is 6.36. The normalized spacial score (nSPS) is 29.5. The molecule has 6 heteroatoms. The minimum absolute atomic E-state index is 0.317. The molecule has 2 rings (SSSR count). The molecule has 0 spiro atoms. The van der Waals surface area contributed by atoms with Gasteiger partial charge in [-0.15, -0.1) is 0 Å². The summed E-state index contributed by atoms with van der Waals surface area (Å²) >= 11 is 0. The molecule has 0 saturated carbocycles. The molecule has 0 bridgehead atoms. The molecule has 0 aromatic carbocycles. The van der Waals surface area contributed by atoms with E-state index < -0.39 is 22.2 Å². The lowest BCUT2D eigenvalue weighted by Gasteiger charge is -2.52. The summed E-state index contributed by atoms with van der Waals surface area (Å²) in [6, 6.07) is 0. The first-order valence-corrected chi connectivity index (χ1v) is 9.58. The number of carbonyl (C=O) groups is 2. The average Bonchev–Trinajstić information content (AvgIpc) is 2.47. The van der Waals surface area contributed by atoms with E-state index in [1.54, 1.807) is 0 Å². The maximum Gasteiger partial charge on any atom is 0.201 e. The summed E-state index contributed by atoms with van der Waals surface area (Å²) < 4.78 is 0. The Bertz CT molecular complexity index is 507. The zero-order valence-corrected chi connectivity index (χ0v) is 17.6. The predicted molar refractivity (Wildman–Crippen MR) is 99.0 cm³/mol. The molecule has 2 N–H and O–H groups in total. The SMILES string of the molecule is CC1(C)CC(C(=O)C(=O)C2CC(C)(C)N(O)C(C)(C)C2)CC(C)(C)N1O. The van der Waals surface area contributed by atoms with Crippen molar-refractivity contribution < 1.29 is 20.0 Å². The van der Waals surface area contributed by atoms with Crippen molar-refractivity contribution >= 4 is 11.6 Å². The summed E-state index contributed by atoms with van der Waals surface area (Å²) in [5.74, 6) is -1.40. The van der Waals surface area contributed by atoms with Crippen LogP contribution in [0.15, 0.2) is 0 Å². The van der Waals surface area contributed by atoms with Crippen molar-refractivity contribution in [1.82, 2.24) is 10.1 Å². The van der Waals surface area contributed by atoms with Gasteiger partial charge in [0, 0.05) is 34.0 Å². The Morgan fingerprint density at radius 1 is 0.615 bits per heavy atom. The Kier molecular flexibility index (Phi) is 5.26. The highest BCUT2D eigenvalue weighted by Gasteiger charge is 2.51. The van der Waals surface area contributed by atoms with E-state index in [-0.39, 0.29) is 23.4 Å². The highest BCUT2D eigenvalue weighted by atomic mass is 16.5. The maximum absolute atomic E-state index is 13.1. The third-order valence-corrected chi connectivity index (χ3v) is 6.26. The summed E-state index contributed by atoms with van der Waals surface area (Å²) in [6.07, 6.45) is 1.85. The Morgan fingerprint density at radius 2 is 0.808 bits per heavy atom. The molecule has 0 unspecified atom stereocenters. The quantitative estimate of drug-likeness (QED) is 0.743. The van der Waals surface area contributed by atoms with Crippen LogP contribution in [-0.4, -0.2) is 54.3 Å². The van der Waals surface area contributed by atoms with E-state index in [2.05, 4.69) is 0 Å². The molecule has 0 radical (unpaired) electrons. The third-order valence-electron chi connectivity index (χ3n) is 6.26. The predicted octanol–water partition coefficient (Wildman–Crippen LogP) is 3.44. The lowest BCUT2D eigenvalue weighted by molar-refractivity contribution is -0.251. The van der Waals surface area contributed by atoms with Gasteiger partial charge in [0.25, 0.3) is 0 Å². The zero-order chi connectivity index (χ0) is 20.3. The van der Waals surface area contributed by atoms with E-state index in [9.17, 15) is 20.0 Å². The van der Waals surface area contributed by atoms with Gasteiger partial charge in [-0.3, -0.25) is 9.59 Å². The van der Waals surface area contributed by atoms with E-state index in [1.165, 1.54) is 10.1 Å². The van der Waals surface area contributed by atoms with Crippen LogP contribution in [0.3, 0.4) is 0 Å². The van der Waals surface area contributed by atoms with Gasteiger partial charge in [-0.25, -0.2) is 0 Å². The number of hydrogen-bond donors (Lipinski definition) is 2. The Labute approximate surface area is 157 Å². The van der Waals surface area contributed by atoms with Gasteiger partial charge in [-0.05, 0) is 81.1 Å². The van der Waals surface area contributed by atoms with Gasteiger partial charge in [-0.1, -0.05) is 0 Å². The number of rotatable bonds is 3. The largest absolute Gasteiger partial charge is 0.313 e. The van der Waals surface area contributed by atoms with Gasteiger partial charge in [0.2, 0.25) is 11.6 Å². The van der Waals surface area contributed by atoms with Crippen molar-refractivity contribution in [2.45, 2.75) is 103 Å². The number of Topliss-reactive ketones (excluding diaryl/α,β-unsaturated/α-hetero) is 2. The Hall–Kier alpha value is -0.820. The molecule has 0 aliphatic carbocycles. The molecule has 2 heterocycles. The minimum Gasteiger partial charge on any atom is -0.313 e. The van der Waals surface area contributed by atoms with Crippen LogP contribution in [0.5, 0.6) is 0 Å². The standard InChI is InChI=1S/C20H36N2O4/c1-17(2)9-13(10-18(3,4)21(17)25)15(23)16(24)14-11-19(5,6)22(26)20(7,8)12-14/h13-14,25-26H,9-12H2,1-8H3. The summed E-state index contributed by atoms with van der Waals surface area (Å²) in [4.78, 5) is 26.1. The Balaban J connectivity index is 2.21. The van der Waals surface area contributed by atoms with E-state index in [4.69, 9.17) is 0 Å².